The molecule has 142 valence electrons. The maximum absolute atomic E-state index is 6.25. The van der Waals surface area contributed by atoms with E-state index in [1.165, 1.54) is 32.6 Å². The number of benzene rings is 5. The maximum Gasteiger partial charge on any atom is 0.0619 e. The summed E-state index contributed by atoms with van der Waals surface area (Å²) in [7, 11) is 0. The fourth-order valence-electron chi connectivity index (χ4n) is 4.49. The first-order valence-electron chi connectivity index (χ1n) is 10.1. The van der Waals surface area contributed by atoms with Crippen molar-refractivity contribution in [3.63, 3.8) is 0 Å². The van der Waals surface area contributed by atoms with Gasteiger partial charge in [-0.1, -0.05) is 90.5 Å². The number of rotatable bonds is 2. The lowest BCUT2D eigenvalue weighted by atomic mass is 10.0. The van der Waals surface area contributed by atoms with Crippen molar-refractivity contribution in [2.75, 3.05) is 0 Å². The molecule has 6 rings (SSSR count). The lowest BCUT2D eigenvalue weighted by Gasteiger charge is -2.12. The standard InChI is InChI=1S/C28H18ClN/c29-22-10-5-8-20(17-22)21-9-6-11-23(18-21)30-27-14-4-3-13-25(27)26-16-15-19-7-1-2-12-24(19)28(26)30/h1-18H. The Labute approximate surface area is 179 Å². The predicted molar refractivity (Wildman–Crippen MR) is 129 cm³/mol. The minimum atomic E-state index is 0.751. The summed E-state index contributed by atoms with van der Waals surface area (Å²) in [5, 5.41) is 5.81. The molecule has 1 aromatic heterocycles. The number of fused-ring (bicyclic) bond motifs is 5. The topological polar surface area (TPSA) is 4.93 Å². The van der Waals surface area contributed by atoms with Crippen LogP contribution < -0.4 is 0 Å². The van der Waals surface area contributed by atoms with E-state index in [2.05, 4.69) is 95.6 Å². The molecular weight excluding hydrogens is 386 g/mol. The van der Waals surface area contributed by atoms with Gasteiger partial charge in [0.15, 0.2) is 0 Å². The minimum Gasteiger partial charge on any atom is -0.309 e. The van der Waals surface area contributed by atoms with Gasteiger partial charge < -0.3 is 4.57 Å². The molecule has 0 bridgehead atoms. The molecular formula is C28H18ClN. The smallest absolute Gasteiger partial charge is 0.0619 e. The van der Waals surface area contributed by atoms with Gasteiger partial charge in [-0.2, -0.15) is 0 Å². The number of nitrogens with zero attached hydrogens (tertiary/aromatic N) is 1. The summed E-state index contributed by atoms with van der Waals surface area (Å²) < 4.78 is 2.39. The maximum atomic E-state index is 6.25. The van der Waals surface area contributed by atoms with Gasteiger partial charge in [-0.05, 0) is 46.8 Å². The van der Waals surface area contributed by atoms with Crippen molar-refractivity contribution >= 4 is 44.2 Å². The van der Waals surface area contributed by atoms with E-state index in [1.807, 2.05) is 18.2 Å². The lowest BCUT2D eigenvalue weighted by molar-refractivity contribution is 1.19. The fourth-order valence-corrected chi connectivity index (χ4v) is 4.68. The Kier molecular flexibility index (Phi) is 3.90. The van der Waals surface area contributed by atoms with Crippen LogP contribution >= 0.6 is 11.6 Å². The first kappa shape index (κ1) is 17.3. The number of aromatic nitrogens is 1. The van der Waals surface area contributed by atoms with Gasteiger partial charge in [-0.15, -0.1) is 0 Å². The van der Waals surface area contributed by atoms with Gasteiger partial charge in [0.2, 0.25) is 0 Å². The Morgan fingerprint density at radius 2 is 1.27 bits per heavy atom. The monoisotopic (exact) mass is 403 g/mol. The van der Waals surface area contributed by atoms with Crippen LogP contribution in [-0.4, -0.2) is 4.57 Å². The van der Waals surface area contributed by atoms with Crippen molar-refractivity contribution in [3.8, 4) is 16.8 Å². The van der Waals surface area contributed by atoms with Crippen molar-refractivity contribution in [1.29, 1.82) is 0 Å². The zero-order valence-corrected chi connectivity index (χ0v) is 17.0. The van der Waals surface area contributed by atoms with Crippen LogP contribution in [0.15, 0.2) is 109 Å². The summed E-state index contributed by atoms with van der Waals surface area (Å²) in [5.41, 5.74) is 5.89. The Morgan fingerprint density at radius 1 is 0.533 bits per heavy atom. The fraction of sp³-hybridized carbons (Fsp3) is 0. The van der Waals surface area contributed by atoms with Gasteiger partial charge >= 0.3 is 0 Å². The molecule has 0 fully saturated rings. The van der Waals surface area contributed by atoms with E-state index in [0.717, 1.165) is 21.8 Å². The van der Waals surface area contributed by atoms with E-state index in [9.17, 15) is 0 Å². The van der Waals surface area contributed by atoms with Crippen LogP contribution in [0.25, 0.3) is 49.4 Å². The molecule has 2 heteroatoms. The lowest BCUT2D eigenvalue weighted by Crippen LogP contribution is -1.95. The van der Waals surface area contributed by atoms with Crippen molar-refractivity contribution in [2.45, 2.75) is 0 Å². The molecule has 0 aliphatic carbocycles. The van der Waals surface area contributed by atoms with E-state index < -0.39 is 0 Å². The third kappa shape index (κ3) is 2.63. The zero-order valence-electron chi connectivity index (χ0n) is 16.2. The Balaban J connectivity index is 1.72. The Morgan fingerprint density at radius 3 is 2.13 bits per heavy atom. The van der Waals surface area contributed by atoms with Crippen LogP contribution in [0.1, 0.15) is 0 Å². The van der Waals surface area contributed by atoms with Crippen molar-refractivity contribution in [2.24, 2.45) is 0 Å². The largest absolute Gasteiger partial charge is 0.309 e. The highest BCUT2D eigenvalue weighted by molar-refractivity contribution is 6.30. The summed E-state index contributed by atoms with van der Waals surface area (Å²) in [6.07, 6.45) is 0. The second-order valence-electron chi connectivity index (χ2n) is 7.60. The first-order chi connectivity index (χ1) is 14.8. The molecule has 30 heavy (non-hydrogen) atoms. The summed E-state index contributed by atoms with van der Waals surface area (Å²) in [6.45, 7) is 0. The number of para-hydroxylation sites is 1. The van der Waals surface area contributed by atoms with E-state index in [1.54, 1.807) is 0 Å². The third-order valence-corrected chi connectivity index (χ3v) is 6.06. The van der Waals surface area contributed by atoms with Gasteiger partial charge in [0.05, 0.1) is 11.0 Å². The van der Waals surface area contributed by atoms with Gasteiger partial charge in [0.1, 0.15) is 0 Å². The molecule has 0 amide bonds. The van der Waals surface area contributed by atoms with Gasteiger partial charge in [-0.25, -0.2) is 0 Å². The molecule has 0 radical (unpaired) electrons. The van der Waals surface area contributed by atoms with Crippen LogP contribution in [0.4, 0.5) is 0 Å². The molecule has 0 aliphatic rings. The Hall–Kier alpha value is -3.55. The van der Waals surface area contributed by atoms with Crippen molar-refractivity contribution in [1.82, 2.24) is 4.57 Å². The third-order valence-electron chi connectivity index (χ3n) is 5.82. The van der Waals surface area contributed by atoms with Crippen LogP contribution in [-0.2, 0) is 0 Å². The summed E-state index contributed by atoms with van der Waals surface area (Å²) in [5.74, 6) is 0. The molecule has 0 spiro atoms. The van der Waals surface area contributed by atoms with Crippen LogP contribution in [0.3, 0.4) is 0 Å². The second-order valence-corrected chi connectivity index (χ2v) is 8.03. The highest BCUT2D eigenvalue weighted by Crippen LogP contribution is 2.37. The van der Waals surface area contributed by atoms with E-state index in [0.29, 0.717) is 0 Å². The van der Waals surface area contributed by atoms with Crippen molar-refractivity contribution in [3.05, 3.63) is 114 Å². The van der Waals surface area contributed by atoms with Gasteiger partial charge in [0, 0.05) is 26.9 Å². The predicted octanol–water partition coefficient (Wildman–Crippen LogP) is 8.26. The van der Waals surface area contributed by atoms with Gasteiger partial charge in [-0.3, -0.25) is 0 Å². The number of halogens is 1. The summed E-state index contributed by atoms with van der Waals surface area (Å²) >= 11 is 6.25. The molecule has 0 unspecified atom stereocenters. The molecule has 5 aromatic carbocycles. The van der Waals surface area contributed by atoms with E-state index in [4.69, 9.17) is 11.6 Å². The highest BCUT2D eigenvalue weighted by Gasteiger charge is 2.15. The molecule has 0 atom stereocenters. The summed E-state index contributed by atoms with van der Waals surface area (Å²) in [4.78, 5) is 0. The van der Waals surface area contributed by atoms with Crippen LogP contribution in [0.2, 0.25) is 5.02 Å². The molecule has 0 aliphatic heterocycles. The van der Waals surface area contributed by atoms with Gasteiger partial charge in [0.25, 0.3) is 0 Å². The minimum absolute atomic E-state index is 0.751. The molecule has 0 saturated heterocycles. The van der Waals surface area contributed by atoms with Crippen molar-refractivity contribution < 1.29 is 0 Å². The average Bonchev–Trinajstić information content (AvgIpc) is 3.14. The van der Waals surface area contributed by atoms with Crippen LogP contribution in [0, 0.1) is 0 Å². The molecule has 1 heterocycles. The highest BCUT2D eigenvalue weighted by atomic mass is 35.5. The van der Waals surface area contributed by atoms with Crippen LogP contribution in [0.5, 0.6) is 0 Å². The second kappa shape index (κ2) is 6.76. The quantitative estimate of drug-likeness (QED) is 0.274. The molecule has 0 N–H and O–H groups in total. The first-order valence-corrected chi connectivity index (χ1v) is 10.4. The summed E-state index contributed by atoms with van der Waals surface area (Å²) in [6, 6.07) is 38.4. The van der Waals surface area contributed by atoms with E-state index in [-0.39, 0.29) is 0 Å². The Bertz CT molecular complexity index is 1560. The number of hydrogen-bond acceptors (Lipinski definition) is 0. The molecule has 0 saturated carbocycles. The normalized spacial score (nSPS) is 11.5. The molecule has 6 aromatic rings. The van der Waals surface area contributed by atoms with E-state index >= 15 is 0 Å². The zero-order chi connectivity index (χ0) is 20.1. The molecule has 1 nitrogen and oxygen atoms in total. The SMILES string of the molecule is Clc1cccc(-c2cccc(-n3c4ccccc4c4ccc5ccccc5c43)c2)c1. The number of hydrogen-bond donors (Lipinski definition) is 0. The average molecular weight is 404 g/mol.